The molecule has 29 heavy (non-hydrogen) atoms. The Kier molecular flexibility index (Phi) is 6.18. The quantitative estimate of drug-likeness (QED) is 0.706. The molecule has 1 aliphatic rings. The lowest BCUT2D eigenvalue weighted by atomic mass is 10.2. The van der Waals surface area contributed by atoms with Gasteiger partial charge in [0.2, 0.25) is 0 Å². The first-order valence-corrected chi connectivity index (χ1v) is 9.80. The molecule has 0 radical (unpaired) electrons. The second-order valence-electron chi connectivity index (χ2n) is 6.40. The molecule has 0 aliphatic carbocycles. The summed E-state index contributed by atoms with van der Waals surface area (Å²) in [7, 11) is 1.63. The van der Waals surface area contributed by atoms with Crippen LogP contribution >= 0.6 is 22.9 Å². The molecule has 10 heteroatoms. The van der Waals surface area contributed by atoms with E-state index in [0.717, 1.165) is 17.0 Å². The fraction of sp³-hybridized carbons (Fsp3) is 0.263. The Labute approximate surface area is 174 Å². The number of alkyl halides is 3. The zero-order valence-electron chi connectivity index (χ0n) is 15.3. The minimum atomic E-state index is -4.45. The highest BCUT2D eigenvalue weighted by Crippen LogP contribution is 2.30. The van der Waals surface area contributed by atoms with Gasteiger partial charge in [0.05, 0.1) is 16.4 Å². The van der Waals surface area contributed by atoms with Gasteiger partial charge in [-0.15, -0.1) is 11.3 Å². The van der Waals surface area contributed by atoms with Crippen LogP contribution in [0.1, 0.15) is 16.9 Å². The van der Waals surface area contributed by atoms with Crippen LogP contribution in [0.3, 0.4) is 0 Å². The predicted octanol–water partition coefficient (Wildman–Crippen LogP) is 5.20. The van der Waals surface area contributed by atoms with E-state index < -0.39 is 17.8 Å². The number of benzene rings is 1. The summed E-state index contributed by atoms with van der Waals surface area (Å²) < 4.78 is 38.6. The van der Waals surface area contributed by atoms with Crippen molar-refractivity contribution in [1.82, 2.24) is 9.80 Å². The zero-order valence-corrected chi connectivity index (χ0v) is 16.9. The molecule has 3 amide bonds. The molecule has 2 aromatic rings. The number of likely N-dealkylation sites (N-methyl/N-ethyl adjacent to an activating group) is 1. The monoisotopic (exact) mass is 443 g/mol. The van der Waals surface area contributed by atoms with E-state index >= 15 is 0 Å². The molecule has 0 spiro atoms. The van der Waals surface area contributed by atoms with Crippen LogP contribution in [-0.4, -0.2) is 35.3 Å². The van der Waals surface area contributed by atoms with Gasteiger partial charge in [-0.25, -0.2) is 4.79 Å². The number of anilines is 1. The summed E-state index contributed by atoms with van der Waals surface area (Å²) in [5.74, 6) is -0.324. The Hall–Kier alpha value is -2.52. The van der Waals surface area contributed by atoms with Crippen molar-refractivity contribution in [3.63, 3.8) is 0 Å². The third-order valence-electron chi connectivity index (χ3n) is 4.28. The van der Waals surface area contributed by atoms with E-state index in [0.29, 0.717) is 23.8 Å². The first kappa shape index (κ1) is 21.2. The molecule has 3 rings (SSSR count). The Morgan fingerprint density at radius 3 is 2.48 bits per heavy atom. The molecule has 1 aliphatic heterocycles. The molecule has 2 heterocycles. The number of amides is 3. The minimum Gasteiger partial charge on any atom is -0.335 e. The molecule has 0 bridgehead atoms. The highest BCUT2D eigenvalue weighted by molar-refractivity contribution is 7.16. The number of urea groups is 1. The minimum absolute atomic E-state index is 0.211. The van der Waals surface area contributed by atoms with E-state index in [4.69, 9.17) is 11.6 Å². The van der Waals surface area contributed by atoms with Crippen LogP contribution in [0.4, 0.5) is 23.7 Å². The summed E-state index contributed by atoms with van der Waals surface area (Å²) >= 11 is 7.27. The summed E-state index contributed by atoms with van der Waals surface area (Å²) in [6, 6.07) is 7.13. The van der Waals surface area contributed by atoms with Crippen molar-refractivity contribution in [2.24, 2.45) is 0 Å². The van der Waals surface area contributed by atoms with Gasteiger partial charge in [-0.1, -0.05) is 17.7 Å². The lowest BCUT2D eigenvalue weighted by Crippen LogP contribution is -2.39. The second kappa shape index (κ2) is 8.46. The first-order valence-electron chi connectivity index (χ1n) is 8.61. The summed E-state index contributed by atoms with van der Waals surface area (Å²) in [4.78, 5) is 29.0. The highest BCUT2D eigenvalue weighted by atomic mass is 35.5. The number of nitrogens with zero attached hydrogens (tertiary/aromatic N) is 2. The summed E-state index contributed by atoms with van der Waals surface area (Å²) in [6.45, 7) is 0.661. The Balaban J connectivity index is 1.64. The third-order valence-corrected chi connectivity index (χ3v) is 5.49. The van der Waals surface area contributed by atoms with Gasteiger partial charge in [0.1, 0.15) is 5.70 Å². The third kappa shape index (κ3) is 5.10. The molecular weight excluding hydrogens is 427 g/mol. The van der Waals surface area contributed by atoms with Gasteiger partial charge < -0.3 is 10.2 Å². The van der Waals surface area contributed by atoms with Crippen LogP contribution in [0.15, 0.2) is 48.2 Å². The number of thiophene rings is 1. The molecule has 1 N–H and O–H groups in total. The van der Waals surface area contributed by atoms with E-state index in [-0.39, 0.29) is 17.3 Å². The van der Waals surface area contributed by atoms with Crippen LogP contribution < -0.4 is 5.32 Å². The standard InChI is InChI=1S/C19H17ClF3N3O2S/c1-25(11-14-8-9-16(20)29-14)17(27)15-3-2-10-26(15)18(28)24-13-6-4-12(5-7-13)19(21,22)23/h3-9H,2,10-11H2,1H3,(H,24,28). The van der Waals surface area contributed by atoms with Crippen molar-refractivity contribution in [1.29, 1.82) is 0 Å². The number of nitrogens with one attached hydrogen (secondary N) is 1. The number of carbonyl (C=O) groups is 2. The fourth-order valence-corrected chi connectivity index (χ4v) is 3.99. The Morgan fingerprint density at radius 2 is 1.90 bits per heavy atom. The molecule has 5 nitrogen and oxygen atoms in total. The van der Waals surface area contributed by atoms with Crippen molar-refractivity contribution in [2.75, 3.05) is 18.9 Å². The average Bonchev–Trinajstić information content (AvgIpc) is 3.30. The van der Waals surface area contributed by atoms with Crippen LogP contribution in [-0.2, 0) is 17.5 Å². The van der Waals surface area contributed by atoms with Crippen molar-refractivity contribution >= 4 is 40.6 Å². The number of rotatable bonds is 4. The Morgan fingerprint density at radius 1 is 1.21 bits per heavy atom. The highest BCUT2D eigenvalue weighted by Gasteiger charge is 2.31. The first-order chi connectivity index (χ1) is 13.6. The smallest absolute Gasteiger partial charge is 0.335 e. The van der Waals surface area contributed by atoms with E-state index in [2.05, 4.69) is 5.32 Å². The molecule has 0 fully saturated rings. The number of hydrogen-bond acceptors (Lipinski definition) is 3. The van der Waals surface area contributed by atoms with Crippen LogP contribution in [0, 0.1) is 0 Å². The largest absolute Gasteiger partial charge is 0.416 e. The molecule has 154 valence electrons. The maximum atomic E-state index is 12.8. The maximum absolute atomic E-state index is 12.8. The summed E-state index contributed by atoms with van der Waals surface area (Å²) in [5, 5.41) is 2.53. The lowest BCUT2D eigenvalue weighted by molar-refractivity contribution is -0.137. The number of hydrogen-bond donors (Lipinski definition) is 1. The summed E-state index contributed by atoms with van der Waals surface area (Å²) in [5.41, 5.74) is -0.356. The van der Waals surface area contributed by atoms with Gasteiger partial charge in [0, 0.05) is 24.2 Å². The van der Waals surface area contributed by atoms with E-state index in [1.165, 1.54) is 33.3 Å². The molecule has 0 saturated carbocycles. The van der Waals surface area contributed by atoms with Crippen molar-refractivity contribution in [2.45, 2.75) is 19.1 Å². The SMILES string of the molecule is CN(Cc1ccc(Cl)s1)C(=O)C1=CCCN1C(=O)Nc1ccc(C(F)(F)F)cc1. The fourth-order valence-electron chi connectivity index (χ4n) is 2.85. The normalized spacial score (nSPS) is 14.0. The zero-order chi connectivity index (χ0) is 21.2. The molecule has 1 aromatic heterocycles. The molecular formula is C19H17ClF3N3O2S. The van der Waals surface area contributed by atoms with Gasteiger partial charge in [0.15, 0.2) is 0 Å². The Bertz CT molecular complexity index is 941. The molecule has 0 atom stereocenters. The van der Waals surface area contributed by atoms with Crippen LogP contribution in [0.2, 0.25) is 4.34 Å². The second-order valence-corrected chi connectivity index (χ2v) is 8.20. The van der Waals surface area contributed by atoms with Crippen molar-refractivity contribution in [3.05, 3.63) is 62.9 Å². The predicted molar refractivity (Wildman–Crippen MR) is 106 cm³/mol. The van der Waals surface area contributed by atoms with Crippen LogP contribution in [0.5, 0.6) is 0 Å². The molecule has 0 saturated heterocycles. The van der Waals surface area contributed by atoms with Gasteiger partial charge >= 0.3 is 12.2 Å². The van der Waals surface area contributed by atoms with Crippen molar-refractivity contribution in [3.8, 4) is 0 Å². The molecule has 0 unspecified atom stereocenters. The van der Waals surface area contributed by atoms with E-state index in [1.54, 1.807) is 19.2 Å². The summed E-state index contributed by atoms with van der Waals surface area (Å²) in [6.07, 6.45) is -2.26. The van der Waals surface area contributed by atoms with E-state index in [9.17, 15) is 22.8 Å². The molecule has 1 aromatic carbocycles. The van der Waals surface area contributed by atoms with Crippen LogP contribution in [0.25, 0.3) is 0 Å². The van der Waals surface area contributed by atoms with Gasteiger partial charge in [-0.3, -0.25) is 9.69 Å². The van der Waals surface area contributed by atoms with Gasteiger partial charge in [-0.2, -0.15) is 13.2 Å². The average molecular weight is 444 g/mol. The number of carbonyl (C=O) groups excluding carboxylic acids is 2. The van der Waals surface area contributed by atoms with Gasteiger partial charge in [0.25, 0.3) is 5.91 Å². The topological polar surface area (TPSA) is 52.7 Å². The lowest BCUT2D eigenvalue weighted by Gasteiger charge is -2.24. The number of halogens is 4. The van der Waals surface area contributed by atoms with Gasteiger partial charge in [-0.05, 0) is 42.8 Å². The van der Waals surface area contributed by atoms with E-state index in [1.807, 2.05) is 6.07 Å². The van der Waals surface area contributed by atoms with Crippen molar-refractivity contribution < 1.29 is 22.8 Å². The maximum Gasteiger partial charge on any atom is 0.416 e.